The number of rotatable bonds is 4. The molecule has 10 heavy (non-hydrogen) atoms. The largest absolute Gasteiger partial charge is 0.330 e. The zero-order chi connectivity index (χ0) is 8.24. The van der Waals surface area contributed by atoms with Crippen LogP contribution in [-0.4, -0.2) is 13.1 Å². The SMILES string of the molecule is CCCCC.NCCCN. The third-order valence-corrected chi connectivity index (χ3v) is 1.12. The molecule has 0 aromatic heterocycles. The van der Waals surface area contributed by atoms with Crippen molar-refractivity contribution in [1.82, 2.24) is 0 Å². The van der Waals surface area contributed by atoms with Crippen LogP contribution < -0.4 is 11.5 Å². The van der Waals surface area contributed by atoms with Crippen LogP contribution in [0.5, 0.6) is 0 Å². The van der Waals surface area contributed by atoms with Crippen LogP contribution in [0.15, 0.2) is 0 Å². The second-order valence-electron chi connectivity index (χ2n) is 2.28. The van der Waals surface area contributed by atoms with E-state index in [9.17, 15) is 0 Å². The highest BCUT2D eigenvalue weighted by atomic mass is 14.6. The third-order valence-electron chi connectivity index (χ3n) is 1.12. The molecule has 4 N–H and O–H groups in total. The van der Waals surface area contributed by atoms with Gasteiger partial charge in [0, 0.05) is 0 Å². The minimum absolute atomic E-state index is 0.719. The Morgan fingerprint density at radius 1 is 0.800 bits per heavy atom. The minimum atomic E-state index is 0.719. The van der Waals surface area contributed by atoms with Gasteiger partial charge in [0.1, 0.15) is 0 Å². The van der Waals surface area contributed by atoms with Crippen LogP contribution in [-0.2, 0) is 0 Å². The van der Waals surface area contributed by atoms with E-state index >= 15 is 0 Å². The summed E-state index contributed by atoms with van der Waals surface area (Å²) in [5.74, 6) is 0. The molecule has 0 fully saturated rings. The maximum Gasteiger partial charge on any atom is -0.00653 e. The Kier molecular flexibility index (Phi) is 20.1. The van der Waals surface area contributed by atoms with Gasteiger partial charge in [-0.1, -0.05) is 33.1 Å². The molecule has 0 saturated heterocycles. The molecule has 0 aromatic carbocycles. The highest BCUT2D eigenvalue weighted by molar-refractivity contribution is 4.33. The van der Waals surface area contributed by atoms with Gasteiger partial charge in [0.25, 0.3) is 0 Å². The van der Waals surface area contributed by atoms with Crippen molar-refractivity contribution in [3.05, 3.63) is 0 Å². The summed E-state index contributed by atoms with van der Waals surface area (Å²) in [6.07, 6.45) is 5.02. The highest BCUT2D eigenvalue weighted by Gasteiger charge is 1.68. The highest BCUT2D eigenvalue weighted by Crippen LogP contribution is 1.88. The summed E-state index contributed by atoms with van der Waals surface area (Å²) >= 11 is 0. The number of hydrogen-bond donors (Lipinski definition) is 2. The fourth-order valence-corrected chi connectivity index (χ4v) is 0.471. The lowest BCUT2D eigenvalue weighted by Gasteiger charge is -1.81. The van der Waals surface area contributed by atoms with E-state index in [1.54, 1.807) is 0 Å². The first-order valence-corrected chi connectivity index (χ1v) is 4.23. The summed E-state index contributed by atoms with van der Waals surface area (Å²) in [6.45, 7) is 5.86. The van der Waals surface area contributed by atoms with Crippen LogP contribution in [0.2, 0.25) is 0 Å². The van der Waals surface area contributed by atoms with Crippen LogP contribution in [0, 0.1) is 0 Å². The van der Waals surface area contributed by atoms with Gasteiger partial charge in [-0.05, 0) is 19.5 Å². The van der Waals surface area contributed by atoms with Crippen molar-refractivity contribution in [3.63, 3.8) is 0 Å². The molecule has 0 saturated carbocycles. The molecule has 2 nitrogen and oxygen atoms in total. The monoisotopic (exact) mass is 146 g/mol. The predicted molar refractivity (Wildman–Crippen MR) is 47.9 cm³/mol. The molecule has 2 heteroatoms. The minimum Gasteiger partial charge on any atom is -0.330 e. The van der Waals surface area contributed by atoms with Crippen LogP contribution in [0.3, 0.4) is 0 Å². The molecule has 0 spiro atoms. The molecule has 0 radical (unpaired) electrons. The van der Waals surface area contributed by atoms with E-state index in [0.717, 1.165) is 19.5 Å². The van der Waals surface area contributed by atoms with Gasteiger partial charge in [0.2, 0.25) is 0 Å². The molecule has 0 unspecified atom stereocenters. The molecule has 0 atom stereocenters. The number of nitrogens with two attached hydrogens (primary N) is 2. The summed E-state index contributed by atoms with van der Waals surface area (Å²) < 4.78 is 0. The van der Waals surface area contributed by atoms with Crippen LogP contribution in [0.25, 0.3) is 0 Å². The number of unbranched alkanes of at least 4 members (excludes halogenated alkanes) is 2. The van der Waals surface area contributed by atoms with Crippen molar-refractivity contribution in [2.75, 3.05) is 13.1 Å². The zero-order valence-corrected chi connectivity index (χ0v) is 7.40. The van der Waals surface area contributed by atoms with E-state index < -0.39 is 0 Å². The van der Waals surface area contributed by atoms with Gasteiger partial charge in [0.15, 0.2) is 0 Å². The van der Waals surface area contributed by atoms with Gasteiger partial charge in [-0.2, -0.15) is 0 Å². The maximum atomic E-state index is 5.06. The Morgan fingerprint density at radius 2 is 1.20 bits per heavy atom. The first-order chi connectivity index (χ1) is 4.83. The van der Waals surface area contributed by atoms with Gasteiger partial charge in [-0.3, -0.25) is 0 Å². The fourth-order valence-electron chi connectivity index (χ4n) is 0.471. The van der Waals surface area contributed by atoms with Crippen molar-refractivity contribution in [3.8, 4) is 0 Å². The summed E-state index contributed by atoms with van der Waals surface area (Å²) in [7, 11) is 0. The van der Waals surface area contributed by atoms with E-state index in [1.807, 2.05) is 0 Å². The zero-order valence-electron chi connectivity index (χ0n) is 7.40. The Labute approximate surface area is 65.0 Å². The van der Waals surface area contributed by atoms with Crippen molar-refractivity contribution >= 4 is 0 Å². The van der Waals surface area contributed by atoms with Crippen molar-refractivity contribution in [1.29, 1.82) is 0 Å². The lowest BCUT2D eigenvalue weighted by molar-refractivity contribution is 0.772. The van der Waals surface area contributed by atoms with Crippen LogP contribution in [0.4, 0.5) is 0 Å². The molecule has 0 heterocycles. The quantitative estimate of drug-likeness (QED) is 0.631. The third kappa shape index (κ3) is 24.7. The van der Waals surface area contributed by atoms with Crippen molar-refractivity contribution in [2.24, 2.45) is 11.5 Å². The van der Waals surface area contributed by atoms with Crippen molar-refractivity contribution < 1.29 is 0 Å². The first-order valence-electron chi connectivity index (χ1n) is 4.23. The Hall–Kier alpha value is -0.0800. The smallest absolute Gasteiger partial charge is 0.00653 e. The maximum absolute atomic E-state index is 5.06. The standard InChI is InChI=1S/C5H12.C3H10N2/c1-3-5-4-2;4-2-1-3-5/h3-5H2,1-2H3;1-5H2. The van der Waals surface area contributed by atoms with Gasteiger partial charge in [-0.25, -0.2) is 0 Å². The first kappa shape index (κ1) is 12.6. The molecule has 0 aliphatic carbocycles. The van der Waals surface area contributed by atoms with E-state index in [2.05, 4.69) is 13.8 Å². The van der Waals surface area contributed by atoms with E-state index in [4.69, 9.17) is 11.5 Å². The lowest BCUT2D eigenvalue weighted by Crippen LogP contribution is -2.06. The molecule has 0 rings (SSSR count). The van der Waals surface area contributed by atoms with Gasteiger partial charge >= 0.3 is 0 Å². The molecular formula is C8H22N2. The second-order valence-corrected chi connectivity index (χ2v) is 2.28. The Balaban J connectivity index is 0. The van der Waals surface area contributed by atoms with E-state index in [1.165, 1.54) is 19.3 Å². The van der Waals surface area contributed by atoms with E-state index in [-0.39, 0.29) is 0 Å². The Morgan fingerprint density at radius 3 is 1.20 bits per heavy atom. The average Bonchev–Trinajstić information content (AvgIpc) is 1.93. The van der Waals surface area contributed by atoms with Gasteiger partial charge < -0.3 is 11.5 Å². The molecule has 0 aromatic rings. The molecule has 0 bridgehead atoms. The molecule has 64 valence electrons. The number of hydrogen-bond acceptors (Lipinski definition) is 2. The lowest BCUT2D eigenvalue weighted by atomic mass is 10.3. The predicted octanol–water partition coefficient (Wildman–Crippen LogP) is 1.49. The summed E-state index contributed by atoms with van der Waals surface area (Å²) in [4.78, 5) is 0. The normalized spacial score (nSPS) is 8.40. The molecular weight excluding hydrogens is 124 g/mol. The second kappa shape index (κ2) is 16.0. The average molecular weight is 146 g/mol. The summed E-state index contributed by atoms with van der Waals surface area (Å²) in [5, 5.41) is 0. The topological polar surface area (TPSA) is 52.0 Å². The van der Waals surface area contributed by atoms with Crippen molar-refractivity contribution in [2.45, 2.75) is 39.5 Å². The van der Waals surface area contributed by atoms with E-state index in [0.29, 0.717) is 0 Å². The van der Waals surface area contributed by atoms with Gasteiger partial charge in [0.05, 0.1) is 0 Å². The Bertz CT molecular complexity index is 28.2. The van der Waals surface area contributed by atoms with Gasteiger partial charge in [-0.15, -0.1) is 0 Å². The van der Waals surface area contributed by atoms with Crippen LogP contribution >= 0.6 is 0 Å². The summed E-state index contributed by atoms with van der Waals surface area (Å²) in [5.41, 5.74) is 10.1. The molecule has 0 aliphatic rings. The summed E-state index contributed by atoms with van der Waals surface area (Å²) in [6, 6.07) is 0. The molecule has 0 amide bonds. The van der Waals surface area contributed by atoms with Crippen LogP contribution in [0.1, 0.15) is 39.5 Å². The molecule has 0 aliphatic heterocycles. The fraction of sp³-hybridized carbons (Fsp3) is 1.00.